The number of amides is 2. The van der Waals surface area contributed by atoms with Crippen LogP contribution in [-0.2, 0) is 29.1 Å². The fourth-order valence-corrected chi connectivity index (χ4v) is 6.17. The molecule has 2 amide bonds. The van der Waals surface area contributed by atoms with E-state index in [2.05, 4.69) is 15.6 Å². The summed E-state index contributed by atoms with van der Waals surface area (Å²) in [6.07, 6.45) is 1.30. The predicted molar refractivity (Wildman–Crippen MR) is 165 cm³/mol. The third kappa shape index (κ3) is 7.59. The maximum absolute atomic E-state index is 13.2. The molecule has 0 unspecified atom stereocenters. The Kier molecular flexibility index (Phi) is 10.1. The van der Waals surface area contributed by atoms with Crippen LogP contribution in [0.2, 0.25) is 0 Å². The van der Waals surface area contributed by atoms with Gasteiger partial charge in [-0.15, -0.1) is 11.3 Å². The van der Waals surface area contributed by atoms with Gasteiger partial charge in [-0.25, -0.2) is 4.98 Å². The van der Waals surface area contributed by atoms with E-state index in [-0.39, 0.29) is 36.3 Å². The summed E-state index contributed by atoms with van der Waals surface area (Å²) in [5.41, 5.74) is 2.34. The second-order valence-corrected chi connectivity index (χ2v) is 11.5. The molecule has 5 rings (SSSR count). The number of thioether (sulfide) groups is 1. The Balaban J connectivity index is 1.13. The molecule has 1 aliphatic heterocycles. The lowest BCUT2D eigenvalue weighted by atomic mass is 10.1. The van der Waals surface area contributed by atoms with Crippen molar-refractivity contribution in [1.82, 2.24) is 20.2 Å². The zero-order valence-electron chi connectivity index (χ0n) is 23.8. The van der Waals surface area contributed by atoms with Crippen LogP contribution in [0.3, 0.4) is 0 Å². The van der Waals surface area contributed by atoms with Crippen molar-refractivity contribution in [2.75, 3.05) is 33.3 Å². The molecule has 0 saturated carbocycles. The van der Waals surface area contributed by atoms with Crippen LogP contribution >= 0.6 is 23.1 Å². The first kappa shape index (κ1) is 30.2. The van der Waals surface area contributed by atoms with E-state index in [0.29, 0.717) is 70.8 Å². The number of thiophene rings is 1. The molecule has 13 heteroatoms. The summed E-state index contributed by atoms with van der Waals surface area (Å²) in [5.74, 6) is 2.45. The lowest BCUT2D eigenvalue weighted by Gasteiger charge is -2.12. The Hall–Kier alpha value is -4.23. The summed E-state index contributed by atoms with van der Waals surface area (Å²) in [4.78, 5) is 43.0. The first-order valence-electron chi connectivity index (χ1n) is 13.7. The smallest absolute Gasteiger partial charge is 0.272 e. The van der Waals surface area contributed by atoms with E-state index in [0.717, 1.165) is 11.1 Å². The van der Waals surface area contributed by atoms with Gasteiger partial charge in [0.2, 0.25) is 18.6 Å². The van der Waals surface area contributed by atoms with Crippen molar-refractivity contribution in [1.29, 1.82) is 0 Å². The standard InChI is InChI=1S/C30H32N4O7S2/c1-38-22-7-5-19(14-24(22)39-2)9-11-31-27(36)17-43-30-33-21-10-13-42-28(21)29(37)34(30)12-3-4-26(35)32-16-20-6-8-23-25(15-20)41-18-40-23/h5-8,10,13-15H,3-4,9,11-12,16-18H2,1-2H3,(H,31,36)(H,32,35). The number of ether oxygens (including phenoxy) is 4. The molecule has 11 nitrogen and oxygen atoms in total. The summed E-state index contributed by atoms with van der Waals surface area (Å²) in [6, 6.07) is 13.0. The van der Waals surface area contributed by atoms with Gasteiger partial charge < -0.3 is 29.6 Å². The second kappa shape index (κ2) is 14.3. The SMILES string of the molecule is COc1ccc(CCNC(=O)CSc2nc3ccsc3c(=O)n2CCCC(=O)NCc2ccc3c(c2)OCO3)cc1OC. The average molecular weight is 625 g/mol. The number of methoxy groups -OCH3 is 2. The van der Waals surface area contributed by atoms with Crippen LogP contribution in [0.15, 0.2) is 57.8 Å². The van der Waals surface area contributed by atoms with E-state index in [1.165, 1.54) is 23.1 Å². The Bertz CT molecular complexity index is 1670. The lowest BCUT2D eigenvalue weighted by molar-refractivity contribution is -0.121. The van der Waals surface area contributed by atoms with E-state index >= 15 is 0 Å². The van der Waals surface area contributed by atoms with Crippen molar-refractivity contribution in [2.24, 2.45) is 0 Å². The quantitative estimate of drug-likeness (QED) is 0.159. The van der Waals surface area contributed by atoms with Gasteiger partial charge in [0.15, 0.2) is 28.2 Å². The molecule has 0 fully saturated rings. The van der Waals surface area contributed by atoms with E-state index < -0.39 is 0 Å². The van der Waals surface area contributed by atoms with Crippen molar-refractivity contribution < 1.29 is 28.5 Å². The van der Waals surface area contributed by atoms with Gasteiger partial charge in [0.1, 0.15) is 4.70 Å². The van der Waals surface area contributed by atoms with Crippen LogP contribution in [0.25, 0.3) is 10.2 Å². The first-order valence-corrected chi connectivity index (χ1v) is 15.6. The Labute approximate surface area is 256 Å². The second-order valence-electron chi connectivity index (χ2n) is 9.63. The maximum atomic E-state index is 13.2. The number of aromatic nitrogens is 2. The predicted octanol–water partition coefficient (Wildman–Crippen LogP) is 3.75. The van der Waals surface area contributed by atoms with Gasteiger partial charge in [0.05, 0.1) is 25.5 Å². The summed E-state index contributed by atoms with van der Waals surface area (Å²) < 4.78 is 23.4. The molecule has 0 radical (unpaired) electrons. The minimum atomic E-state index is -0.169. The third-order valence-corrected chi connectivity index (χ3v) is 8.63. The first-order chi connectivity index (χ1) is 20.9. The number of rotatable bonds is 14. The molecule has 4 aromatic rings. The molecule has 0 saturated heterocycles. The topological polar surface area (TPSA) is 130 Å². The molecule has 43 heavy (non-hydrogen) atoms. The van der Waals surface area contributed by atoms with Gasteiger partial charge in [-0.05, 0) is 59.7 Å². The van der Waals surface area contributed by atoms with Crippen LogP contribution in [0.4, 0.5) is 0 Å². The molecule has 226 valence electrons. The number of carbonyl (C=O) groups excluding carboxylic acids is 2. The van der Waals surface area contributed by atoms with Crippen LogP contribution < -0.4 is 35.1 Å². The van der Waals surface area contributed by atoms with Crippen molar-refractivity contribution in [3.63, 3.8) is 0 Å². The molecule has 3 heterocycles. The van der Waals surface area contributed by atoms with Crippen LogP contribution in [0.1, 0.15) is 24.0 Å². The summed E-state index contributed by atoms with van der Waals surface area (Å²) >= 11 is 2.54. The summed E-state index contributed by atoms with van der Waals surface area (Å²) in [7, 11) is 3.17. The van der Waals surface area contributed by atoms with Crippen molar-refractivity contribution in [2.45, 2.75) is 37.5 Å². The van der Waals surface area contributed by atoms with Gasteiger partial charge in [-0.3, -0.25) is 19.0 Å². The van der Waals surface area contributed by atoms with Crippen LogP contribution in [0.5, 0.6) is 23.0 Å². The molecular formula is C30H32N4O7S2. The molecule has 0 bridgehead atoms. The minimum absolute atomic E-state index is 0.101. The third-order valence-electron chi connectivity index (χ3n) is 6.76. The molecular weight excluding hydrogens is 592 g/mol. The number of nitrogens with zero attached hydrogens (tertiary/aromatic N) is 2. The number of benzene rings is 2. The zero-order valence-corrected chi connectivity index (χ0v) is 25.5. The largest absolute Gasteiger partial charge is 0.493 e. The van der Waals surface area contributed by atoms with Crippen molar-refractivity contribution in [3.05, 3.63) is 69.3 Å². The Morgan fingerprint density at radius 3 is 2.65 bits per heavy atom. The van der Waals surface area contributed by atoms with E-state index in [1.807, 2.05) is 41.8 Å². The number of fused-ring (bicyclic) bond motifs is 2. The molecule has 2 N–H and O–H groups in total. The highest BCUT2D eigenvalue weighted by atomic mass is 32.2. The van der Waals surface area contributed by atoms with Crippen LogP contribution in [0, 0.1) is 0 Å². The normalized spacial score (nSPS) is 11.9. The number of hydrogen-bond acceptors (Lipinski definition) is 10. The highest BCUT2D eigenvalue weighted by Gasteiger charge is 2.16. The fourth-order valence-electron chi connectivity index (χ4n) is 4.53. The van der Waals surface area contributed by atoms with Gasteiger partial charge in [0.25, 0.3) is 5.56 Å². The molecule has 0 aliphatic carbocycles. The summed E-state index contributed by atoms with van der Waals surface area (Å²) in [5, 5.41) is 8.10. The maximum Gasteiger partial charge on any atom is 0.272 e. The van der Waals surface area contributed by atoms with Gasteiger partial charge in [0, 0.05) is 26.1 Å². The Morgan fingerprint density at radius 2 is 1.81 bits per heavy atom. The monoisotopic (exact) mass is 624 g/mol. The molecule has 2 aromatic carbocycles. The lowest BCUT2D eigenvalue weighted by Crippen LogP contribution is -2.28. The summed E-state index contributed by atoms with van der Waals surface area (Å²) in [6.45, 7) is 1.31. The number of hydrogen-bond donors (Lipinski definition) is 2. The van der Waals surface area contributed by atoms with E-state index in [9.17, 15) is 14.4 Å². The van der Waals surface area contributed by atoms with Crippen molar-refractivity contribution in [3.8, 4) is 23.0 Å². The van der Waals surface area contributed by atoms with Gasteiger partial charge >= 0.3 is 0 Å². The number of nitrogens with one attached hydrogen (secondary N) is 2. The fraction of sp³-hybridized carbons (Fsp3) is 0.333. The van der Waals surface area contributed by atoms with E-state index in [4.69, 9.17) is 18.9 Å². The highest BCUT2D eigenvalue weighted by molar-refractivity contribution is 7.99. The number of carbonyl (C=O) groups is 2. The average Bonchev–Trinajstić information content (AvgIpc) is 3.69. The van der Waals surface area contributed by atoms with Crippen molar-refractivity contribution >= 4 is 45.1 Å². The van der Waals surface area contributed by atoms with Crippen LogP contribution in [-0.4, -0.2) is 54.7 Å². The zero-order chi connectivity index (χ0) is 30.2. The molecule has 0 atom stereocenters. The highest BCUT2D eigenvalue weighted by Crippen LogP contribution is 2.32. The molecule has 0 spiro atoms. The van der Waals surface area contributed by atoms with Gasteiger partial charge in [-0.1, -0.05) is 23.9 Å². The minimum Gasteiger partial charge on any atom is -0.493 e. The van der Waals surface area contributed by atoms with E-state index in [1.54, 1.807) is 24.9 Å². The molecule has 2 aromatic heterocycles. The Morgan fingerprint density at radius 1 is 1.00 bits per heavy atom. The molecule has 1 aliphatic rings. The van der Waals surface area contributed by atoms with Gasteiger partial charge in [-0.2, -0.15) is 0 Å².